The molecule has 7 nitrogen and oxygen atoms in total. The van der Waals surface area contributed by atoms with Crippen LogP contribution < -0.4 is 5.32 Å². The summed E-state index contributed by atoms with van der Waals surface area (Å²) in [6.45, 7) is -0.544. The SMILES string of the molecule is O=C(COC(=O)[C@H](Cc1ccccc1)N1C(=O)[C@@H]2CC=CC[C@H]2C1=O)Nc1ccc(Cl)cc1. The van der Waals surface area contributed by atoms with Crippen LogP contribution in [0.1, 0.15) is 18.4 Å². The lowest BCUT2D eigenvalue weighted by molar-refractivity contribution is -0.159. The van der Waals surface area contributed by atoms with Gasteiger partial charge in [-0.2, -0.15) is 0 Å². The van der Waals surface area contributed by atoms with Gasteiger partial charge in [0, 0.05) is 17.1 Å². The first kappa shape index (κ1) is 22.7. The van der Waals surface area contributed by atoms with Crippen LogP contribution in [0.2, 0.25) is 5.02 Å². The second kappa shape index (κ2) is 10.0. The number of likely N-dealkylation sites (tertiary alicyclic amines) is 1. The molecular formula is C25H23ClN2O5. The van der Waals surface area contributed by atoms with E-state index in [1.54, 1.807) is 24.3 Å². The minimum Gasteiger partial charge on any atom is -0.454 e. The first-order valence-corrected chi connectivity index (χ1v) is 11.1. The van der Waals surface area contributed by atoms with E-state index in [4.69, 9.17) is 16.3 Å². The van der Waals surface area contributed by atoms with Gasteiger partial charge in [-0.25, -0.2) is 4.79 Å². The molecule has 0 saturated carbocycles. The summed E-state index contributed by atoms with van der Waals surface area (Å²) in [4.78, 5) is 52.5. The van der Waals surface area contributed by atoms with E-state index in [0.717, 1.165) is 10.5 Å². The highest BCUT2D eigenvalue weighted by molar-refractivity contribution is 6.30. The summed E-state index contributed by atoms with van der Waals surface area (Å²) in [6, 6.07) is 14.4. The van der Waals surface area contributed by atoms with E-state index in [1.807, 2.05) is 42.5 Å². The fourth-order valence-electron chi connectivity index (χ4n) is 4.21. The number of nitrogens with zero attached hydrogens (tertiary/aromatic N) is 1. The molecule has 4 rings (SSSR count). The molecule has 0 radical (unpaired) electrons. The van der Waals surface area contributed by atoms with Crippen LogP contribution in [0, 0.1) is 11.8 Å². The van der Waals surface area contributed by atoms with Gasteiger partial charge < -0.3 is 10.1 Å². The van der Waals surface area contributed by atoms with E-state index in [9.17, 15) is 19.2 Å². The first-order chi connectivity index (χ1) is 15.9. The van der Waals surface area contributed by atoms with Crippen LogP contribution in [-0.4, -0.2) is 41.2 Å². The first-order valence-electron chi connectivity index (χ1n) is 10.7. The molecule has 1 fully saturated rings. The summed E-state index contributed by atoms with van der Waals surface area (Å²) < 4.78 is 5.26. The Morgan fingerprint density at radius 2 is 1.58 bits per heavy atom. The van der Waals surface area contributed by atoms with Gasteiger partial charge in [-0.15, -0.1) is 0 Å². The molecule has 33 heavy (non-hydrogen) atoms. The Kier molecular flexibility index (Phi) is 6.89. The lowest BCUT2D eigenvalue weighted by Crippen LogP contribution is -2.48. The molecule has 3 amide bonds. The molecule has 2 aromatic carbocycles. The van der Waals surface area contributed by atoms with Crippen molar-refractivity contribution in [3.8, 4) is 0 Å². The summed E-state index contributed by atoms with van der Waals surface area (Å²) >= 11 is 5.84. The number of nitrogens with one attached hydrogen (secondary N) is 1. The van der Waals surface area contributed by atoms with Crippen molar-refractivity contribution in [2.75, 3.05) is 11.9 Å². The number of fused-ring (bicyclic) bond motifs is 1. The number of carbonyl (C=O) groups excluding carboxylic acids is 4. The number of halogens is 1. The van der Waals surface area contributed by atoms with Gasteiger partial charge in [0.25, 0.3) is 5.91 Å². The second-order valence-electron chi connectivity index (χ2n) is 8.07. The number of anilines is 1. The second-order valence-corrected chi connectivity index (χ2v) is 8.51. The van der Waals surface area contributed by atoms with Gasteiger partial charge in [-0.05, 0) is 42.7 Å². The topological polar surface area (TPSA) is 92.8 Å². The molecule has 0 bridgehead atoms. The number of carbonyl (C=O) groups is 4. The molecule has 1 heterocycles. The standard InChI is InChI=1S/C25H23ClN2O5/c26-17-10-12-18(13-11-17)27-22(29)15-33-25(32)21(14-16-6-2-1-3-7-16)28-23(30)19-8-4-5-9-20(19)24(28)31/h1-7,10-13,19-21H,8-9,14-15H2,(H,27,29)/t19-,20-,21+/m1/s1. The molecule has 2 aliphatic rings. The molecule has 0 unspecified atom stereocenters. The van der Waals surface area contributed by atoms with E-state index in [2.05, 4.69) is 5.32 Å². The maximum atomic E-state index is 13.1. The van der Waals surface area contributed by atoms with Crippen molar-refractivity contribution < 1.29 is 23.9 Å². The largest absolute Gasteiger partial charge is 0.454 e. The monoisotopic (exact) mass is 466 g/mol. The van der Waals surface area contributed by atoms with Gasteiger partial charge in [0.15, 0.2) is 6.61 Å². The summed E-state index contributed by atoms with van der Waals surface area (Å²) in [5.41, 5.74) is 1.28. The van der Waals surface area contributed by atoms with Gasteiger partial charge in [0.05, 0.1) is 11.8 Å². The van der Waals surface area contributed by atoms with Gasteiger partial charge in [-0.1, -0.05) is 54.1 Å². The fraction of sp³-hybridized carbons (Fsp3) is 0.280. The molecule has 1 N–H and O–H groups in total. The van der Waals surface area contributed by atoms with Crippen molar-refractivity contribution in [2.45, 2.75) is 25.3 Å². The third kappa shape index (κ3) is 5.14. The number of esters is 1. The number of hydrogen-bond donors (Lipinski definition) is 1. The zero-order valence-corrected chi connectivity index (χ0v) is 18.5. The molecule has 1 aliphatic carbocycles. The number of ether oxygens (including phenoxy) is 1. The van der Waals surface area contributed by atoms with Gasteiger partial charge in [0.2, 0.25) is 11.8 Å². The molecule has 170 valence electrons. The van der Waals surface area contributed by atoms with Crippen LogP contribution in [0.15, 0.2) is 66.7 Å². The van der Waals surface area contributed by atoms with Crippen molar-refractivity contribution in [1.29, 1.82) is 0 Å². The van der Waals surface area contributed by atoms with Gasteiger partial charge >= 0.3 is 5.97 Å². The number of rotatable bonds is 7. The summed E-state index contributed by atoms with van der Waals surface area (Å²) in [7, 11) is 0. The number of imide groups is 1. The maximum absolute atomic E-state index is 13.1. The van der Waals surface area contributed by atoms with Crippen LogP contribution >= 0.6 is 11.6 Å². The average Bonchev–Trinajstić information content (AvgIpc) is 3.08. The zero-order valence-electron chi connectivity index (χ0n) is 17.8. The molecule has 0 spiro atoms. The highest BCUT2D eigenvalue weighted by Crippen LogP contribution is 2.36. The lowest BCUT2D eigenvalue weighted by atomic mass is 9.85. The number of allylic oxidation sites excluding steroid dienone is 2. The van der Waals surface area contributed by atoms with E-state index in [0.29, 0.717) is 23.6 Å². The quantitative estimate of drug-likeness (QED) is 0.383. The van der Waals surface area contributed by atoms with Crippen molar-refractivity contribution in [1.82, 2.24) is 4.90 Å². The Labute approximate surface area is 196 Å². The average molecular weight is 467 g/mol. The van der Waals surface area contributed by atoms with Gasteiger partial charge in [-0.3, -0.25) is 19.3 Å². The molecule has 1 aliphatic heterocycles. The number of hydrogen-bond acceptors (Lipinski definition) is 5. The third-order valence-electron chi connectivity index (χ3n) is 5.87. The highest BCUT2D eigenvalue weighted by Gasteiger charge is 2.51. The van der Waals surface area contributed by atoms with Crippen molar-refractivity contribution in [3.63, 3.8) is 0 Å². The predicted octanol–water partition coefficient (Wildman–Crippen LogP) is 3.38. The zero-order chi connectivity index (χ0) is 23.4. The summed E-state index contributed by atoms with van der Waals surface area (Å²) in [5.74, 6) is -2.97. The molecule has 3 atom stereocenters. The summed E-state index contributed by atoms with van der Waals surface area (Å²) in [5, 5.41) is 3.14. The normalized spacial score (nSPS) is 20.3. The van der Waals surface area contributed by atoms with Crippen molar-refractivity contribution in [3.05, 3.63) is 77.3 Å². The van der Waals surface area contributed by atoms with E-state index >= 15 is 0 Å². The van der Waals surface area contributed by atoms with Crippen molar-refractivity contribution in [2.24, 2.45) is 11.8 Å². The fourth-order valence-corrected chi connectivity index (χ4v) is 4.34. The Hall–Kier alpha value is -3.45. The molecular weight excluding hydrogens is 444 g/mol. The van der Waals surface area contributed by atoms with E-state index in [-0.39, 0.29) is 18.2 Å². The third-order valence-corrected chi connectivity index (χ3v) is 6.12. The predicted molar refractivity (Wildman–Crippen MR) is 122 cm³/mol. The molecule has 1 saturated heterocycles. The Morgan fingerprint density at radius 3 is 2.18 bits per heavy atom. The smallest absolute Gasteiger partial charge is 0.330 e. The lowest BCUT2D eigenvalue weighted by Gasteiger charge is -2.25. The minimum absolute atomic E-state index is 0.114. The van der Waals surface area contributed by atoms with Crippen LogP contribution in [-0.2, 0) is 30.3 Å². The Bertz CT molecular complexity index is 1060. The van der Waals surface area contributed by atoms with Crippen LogP contribution in [0.25, 0.3) is 0 Å². The van der Waals surface area contributed by atoms with Crippen LogP contribution in [0.3, 0.4) is 0 Å². The van der Waals surface area contributed by atoms with Crippen LogP contribution in [0.4, 0.5) is 5.69 Å². The number of amides is 3. The highest BCUT2D eigenvalue weighted by atomic mass is 35.5. The Balaban J connectivity index is 1.48. The molecule has 8 heteroatoms. The summed E-state index contributed by atoms with van der Waals surface area (Å²) in [6.07, 6.45) is 4.84. The van der Waals surface area contributed by atoms with Crippen LogP contribution in [0.5, 0.6) is 0 Å². The van der Waals surface area contributed by atoms with Crippen molar-refractivity contribution >= 4 is 41.0 Å². The molecule has 2 aromatic rings. The minimum atomic E-state index is -1.14. The van der Waals surface area contributed by atoms with Gasteiger partial charge in [0.1, 0.15) is 6.04 Å². The van der Waals surface area contributed by atoms with E-state index in [1.165, 1.54) is 0 Å². The maximum Gasteiger partial charge on any atom is 0.330 e. The molecule has 0 aromatic heterocycles. The van der Waals surface area contributed by atoms with E-state index < -0.39 is 36.4 Å². The number of benzene rings is 2. The Morgan fingerprint density at radius 1 is 0.970 bits per heavy atom.